The molecule has 0 unspecified atom stereocenters. The van der Waals surface area contributed by atoms with Gasteiger partial charge in [-0.05, 0) is 64.1 Å². The Hall–Kier alpha value is 0.210. The Morgan fingerprint density at radius 2 is 1.75 bits per heavy atom. The lowest BCUT2D eigenvalue weighted by molar-refractivity contribution is 0.312. The maximum Gasteiger partial charge on any atom is 0.0336 e. The van der Waals surface area contributed by atoms with Crippen LogP contribution in [-0.4, -0.2) is 43.0 Å². The highest BCUT2D eigenvalue weighted by Gasteiger charge is 2.19. The maximum atomic E-state index is 6.10. The summed E-state index contributed by atoms with van der Waals surface area (Å²) in [5.41, 5.74) is 0. The molecule has 94 valence electrons. The van der Waals surface area contributed by atoms with Crippen molar-refractivity contribution in [3.05, 3.63) is 0 Å². The summed E-state index contributed by atoms with van der Waals surface area (Å²) in [7, 11) is 0. The molecule has 0 spiro atoms. The summed E-state index contributed by atoms with van der Waals surface area (Å²) >= 11 is 6.10. The second-order valence-corrected chi connectivity index (χ2v) is 5.99. The van der Waals surface area contributed by atoms with Crippen LogP contribution in [0.3, 0.4) is 0 Å². The van der Waals surface area contributed by atoms with E-state index in [-0.39, 0.29) is 0 Å². The predicted molar refractivity (Wildman–Crippen MR) is 70.1 cm³/mol. The first-order valence-electron chi connectivity index (χ1n) is 6.92. The van der Waals surface area contributed by atoms with Gasteiger partial charge in [0.1, 0.15) is 0 Å². The first-order chi connectivity index (χ1) is 7.84. The minimum absolute atomic E-state index is 0.459. The van der Waals surface area contributed by atoms with Crippen molar-refractivity contribution in [2.45, 2.75) is 43.9 Å². The standard InChI is InChI=1S/C13H25ClN2/c14-13-5-3-12(4-6-13)11-15-7-10-16-8-1-2-9-16/h12-13,15H,1-11H2. The highest BCUT2D eigenvalue weighted by Crippen LogP contribution is 2.26. The lowest BCUT2D eigenvalue weighted by atomic mass is 9.89. The van der Waals surface area contributed by atoms with Crippen molar-refractivity contribution in [2.24, 2.45) is 5.92 Å². The number of hydrogen-bond acceptors (Lipinski definition) is 2. The van der Waals surface area contributed by atoms with E-state index in [2.05, 4.69) is 10.2 Å². The lowest BCUT2D eigenvalue weighted by Crippen LogP contribution is -2.33. The molecular weight excluding hydrogens is 220 g/mol. The number of halogens is 1. The van der Waals surface area contributed by atoms with Crippen molar-refractivity contribution >= 4 is 11.6 Å². The van der Waals surface area contributed by atoms with Gasteiger partial charge in [-0.1, -0.05) is 0 Å². The van der Waals surface area contributed by atoms with Crippen LogP contribution in [-0.2, 0) is 0 Å². The van der Waals surface area contributed by atoms with Crippen LogP contribution in [0.2, 0.25) is 0 Å². The highest BCUT2D eigenvalue weighted by atomic mass is 35.5. The van der Waals surface area contributed by atoms with Crippen molar-refractivity contribution in [3.63, 3.8) is 0 Å². The maximum absolute atomic E-state index is 6.10. The number of rotatable bonds is 5. The van der Waals surface area contributed by atoms with E-state index >= 15 is 0 Å². The molecule has 2 nitrogen and oxygen atoms in total. The average molecular weight is 245 g/mol. The highest BCUT2D eigenvalue weighted by molar-refractivity contribution is 6.20. The fourth-order valence-corrected chi connectivity index (χ4v) is 3.13. The first kappa shape index (κ1) is 12.7. The van der Waals surface area contributed by atoms with Crippen LogP contribution in [0.5, 0.6) is 0 Å². The molecule has 0 radical (unpaired) electrons. The Bertz CT molecular complexity index is 184. The van der Waals surface area contributed by atoms with Gasteiger partial charge in [-0.25, -0.2) is 0 Å². The zero-order chi connectivity index (χ0) is 11.2. The monoisotopic (exact) mass is 244 g/mol. The summed E-state index contributed by atoms with van der Waals surface area (Å²) in [6, 6.07) is 0. The summed E-state index contributed by atoms with van der Waals surface area (Å²) in [6.45, 7) is 6.25. The molecule has 1 saturated heterocycles. The van der Waals surface area contributed by atoms with E-state index < -0.39 is 0 Å². The minimum Gasteiger partial charge on any atom is -0.315 e. The molecule has 3 heteroatoms. The second kappa shape index (κ2) is 6.83. The van der Waals surface area contributed by atoms with Crippen LogP contribution in [0, 0.1) is 5.92 Å². The van der Waals surface area contributed by atoms with E-state index in [1.807, 2.05) is 0 Å². The van der Waals surface area contributed by atoms with Crippen LogP contribution < -0.4 is 5.32 Å². The third-order valence-electron chi connectivity index (χ3n) is 4.01. The summed E-state index contributed by atoms with van der Waals surface area (Å²) < 4.78 is 0. The van der Waals surface area contributed by atoms with E-state index in [0.29, 0.717) is 5.38 Å². The van der Waals surface area contributed by atoms with Crippen molar-refractivity contribution in [2.75, 3.05) is 32.7 Å². The van der Waals surface area contributed by atoms with E-state index in [9.17, 15) is 0 Å². The molecule has 1 aliphatic carbocycles. The van der Waals surface area contributed by atoms with Crippen LogP contribution in [0.25, 0.3) is 0 Å². The molecule has 2 fully saturated rings. The van der Waals surface area contributed by atoms with Crippen molar-refractivity contribution < 1.29 is 0 Å². The molecule has 0 aromatic heterocycles. The molecule has 0 aromatic carbocycles. The third-order valence-corrected chi connectivity index (χ3v) is 4.45. The smallest absolute Gasteiger partial charge is 0.0336 e. The Balaban J connectivity index is 1.48. The van der Waals surface area contributed by atoms with Gasteiger partial charge in [-0.15, -0.1) is 11.6 Å². The molecule has 1 saturated carbocycles. The van der Waals surface area contributed by atoms with E-state index in [1.165, 1.54) is 71.2 Å². The lowest BCUT2D eigenvalue weighted by Gasteiger charge is -2.25. The molecule has 16 heavy (non-hydrogen) atoms. The Morgan fingerprint density at radius 3 is 2.44 bits per heavy atom. The third kappa shape index (κ3) is 4.23. The fraction of sp³-hybridized carbons (Fsp3) is 1.00. The Labute approximate surface area is 105 Å². The van der Waals surface area contributed by atoms with Gasteiger partial charge in [0.15, 0.2) is 0 Å². The largest absolute Gasteiger partial charge is 0.315 e. The molecule has 0 bridgehead atoms. The summed E-state index contributed by atoms with van der Waals surface area (Å²) in [4.78, 5) is 2.57. The van der Waals surface area contributed by atoms with Gasteiger partial charge in [0, 0.05) is 18.5 Å². The quantitative estimate of drug-likeness (QED) is 0.591. The molecule has 2 rings (SSSR count). The van der Waals surface area contributed by atoms with Gasteiger partial charge in [-0.3, -0.25) is 0 Å². The van der Waals surface area contributed by atoms with Crippen LogP contribution in [0.4, 0.5) is 0 Å². The van der Waals surface area contributed by atoms with E-state index in [0.717, 1.165) is 5.92 Å². The predicted octanol–water partition coefficient (Wildman–Crippen LogP) is 2.47. The molecule has 0 aromatic rings. The summed E-state index contributed by atoms with van der Waals surface area (Å²) in [6.07, 6.45) is 7.90. The fourth-order valence-electron chi connectivity index (χ4n) is 2.88. The van der Waals surface area contributed by atoms with Gasteiger partial charge in [0.05, 0.1) is 0 Å². The number of alkyl halides is 1. The molecule has 0 atom stereocenters. The van der Waals surface area contributed by atoms with Crippen LogP contribution in [0.1, 0.15) is 38.5 Å². The summed E-state index contributed by atoms with van der Waals surface area (Å²) in [5.74, 6) is 0.883. The van der Waals surface area contributed by atoms with Gasteiger partial charge in [0.25, 0.3) is 0 Å². The van der Waals surface area contributed by atoms with E-state index in [4.69, 9.17) is 11.6 Å². The number of nitrogens with zero attached hydrogens (tertiary/aromatic N) is 1. The average Bonchev–Trinajstić information content (AvgIpc) is 2.80. The first-order valence-corrected chi connectivity index (χ1v) is 7.35. The van der Waals surface area contributed by atoms with Gasteiger partial charge in [0.2, 0.25) is 0 Å². The number of hydrogen-bond donors (Lipinski definition) is 1. The van der Waals surface area contributed by atoms with Gasteiger partial charge < -0.3 is 10.2 Å². The second-order valence-electron chi connectivity index (χ2n) is 5.37. The Kier molecular flexibility index (Phi) is 5.40. The molecule has 1 heterocycles. The topological polar surface area (TPSA) is 15.3 Å². The SMILES string of the molecule is ClC1CCC(CNCCN2CCCC2)CC1. The van der Waals surface area contributed by atoms with Gasteiger partial charge >= 0.3 is 0 Å². The summed E-state index contributed by atoms with van der Waals surface area (Å²) in [5, 5.41) is 4.07. The van der Waals surface area contributed by atoms with Gasteiger partial charge in [-0.2, -0.15) is 0 Å². The Morgan fingerprint density at radius 1 is 1.06 bits per heavy atom. The molecule has 1 aliphatic heterocycles. The number of likely N-dealkylation sites (tertiary alicyclic amines) is 1. The molecular formula is C13H25ClN2. The van der Waals surface area contributed by atoms with Crippen molar-refractivity contribution in [1.29, 1.82) is 0 Å². The minimum atomic E-state index is 0.459. The van der Waals surface area contributed by atoms with Crippen LogP contribution in [0.15, 0.2) is 0 Å². The molecule has 1 N–H and O–H groups in total. The van der Waals surface area contributed by atoms with Crippen molar-refractivity contribution in [3.8, 4) is 0 Å². The molecule has 2 aliphatic rings. The van der Waals surface area contributed by atoms with Crippen molar-refractivity contribution in [1.82, 2.24) is 10.2 Å². The molecule has 0 amide bonds. The van der Waals surface area contributed by atoms with Crippen LogP contribution >= 0.6 is 11.6 Å². The zero-order valence-corrected chi connectivity index (χ0v) is 11.0. The normalized spacial score (nSPS) is 32.1. The zero-order valence-electron chi connectivity index (χ0n) is 10.3. The van der Waals surface area contributed by atoms with E-state index in [1.54, 1.807) is 0 Å². The number of nitrogens with one attached hydrogen (secondary N) is 1.